The van der Waals surface area contributed by atoms with E-state index in [4.69, 9.17) is 24.4 Å². The van der Waals surface area contributed by atoms with Crippen LogP contribution in [-0.2, 0) is 23.8 Å². The Kier molecular flexibility index (Phi) is 20.1. The van der Waals surface area contributed by atoms with Crippen LogP contribution in [0.15, 0.2) is 0 Å². The molecule has 2 aliphatic rings. The molecule has 0 aromatic rings. The first-order chi connectivity index (χ1) is 16.9. The number of hydrogen-bond donors (Lipinski definition) is 2. The van der Waals surface area contributed by atoms with Gasteiger partial charge in [0.1, 0.15) is 11.2 Å². The Balaban J connectivity index is -0.000000596. The summed E-state index contributed by atoms with van der Waals surface area (Å²) < 4.78 is 15.4. The van der Waals surface area contributed by atoms with Crippen LogP contribution in [0.4, 0.5) is 9.59 Å². The number of methoxy groups -OCH3 is 1. The van der Waals surface area contributed by atoms with Gasteiger partial charge in [-0.25, -0.2) is 9.59 Å². The fraction of sp³-hybridized carbons (Fsp3) is 0.846. The Morgan fingerprint density at radius 3 is 1.36 bits per heavy atom. The van der Waals surface area contributed by atoms with E-state index < -0.39 is 29.2 Å². The Labute approximate surface area is 255 Å². The van der Waals surface area contributed by atoms with E-state index in [0.717, 1.165) is 20.0 Å². The van der Waals surface area contributed by atoms with Gasteiger partial charge in [-0.1, -0.05) is 0 Å². The van der Waals surface area contributed by atoms with Gasteiger partial charge in [0.25, 0.3) is 0 Å². The number of carbonyl (C=O) groups excluding carboxylic acids is 3. The minimum Gasteiger partial charge on any atom is -0.870 e. The number of carboxylic acids is 1. The normalized spacial score (nSPS) is 22.6. The van der Waals surface area contributed by atoms with Gasteiger partial charge in [-0.15, -0.1) is 0 Å². The van der Waals surface area contributed by atoms with Crippen LogP contribution in [-0.4, -0.2) is 100 Å². The molecule has 224 valence electrons. The van der Waals surface area contributed by atoms with E-state index in [0.29, 0.717) is 19.4 Å². The van der Waals surface area contributed by atoms with Crippen molar-refractivity contribution in [2.75, 3.05) is 27.3 Å². The molecule has 2 heterocycles. The Bertz CT molecular complexity index is 767. The van der Waals surface area contributed by atoms with Gasteiger partial charge in [0.05, 0.1) is 18.9 Å². The molecular formula is C26H49N2NaO10. The fourth-order valence-corrected chi connectivity index (χ4v) is 3.92. The number of carboxylic acid groups (broad SMARTS) is 1. The molecule has 0 radical (unpaired) electrons. The third-order valence-corrected chi connectivity index (χ3v) is 5.90. The summed E-state index contributed by atoms with van der Waals surface area (Å²) >= 11 is 0. The predicted octanol–water partition coefficient (Wildman–Crippen LogP) is 0.737. The molecule has 3 N–H and O–H groups in total. The van der Waals surface area contributed by atoms with E-state index in [-0.39, 0.29) is 71.6 Å². The zero-order valence-electron chi connectivity index (χ0n) is 25.6. The summed E-state index contributed by atoms with van der Waals surface area (Å²) in [5.74, 6) is -1.81. The topological polar surface area (TPSA) is 173 Å². The first kappa shape index (κ1) is 41.9. The summed E-state index contributed by atoms with van der Waals surface area (Å²) in [6, 6.07) is 0.140. The van der Waals surface area contributed by atoms with Crippen LogP contribution in [0, 0.1) is 11.8 Å². The molecule has 2 fully saturated rings. The van der Waals surface area contributed by atoms with Crippen LogP contribution in [0.5, 0.6) is 0 Å². The van der Waals surface area contributed by atoms with Crippen molar-refractivity contribution >= 4 is 24.1 Å². The summed E-state index contributed by atoms with van der Waals surface area (Å²) in [4.78, 5) is 49.5. The Hall–Kier alpha value is -1.60. The molecule has 4 atom stereocenters. The Morgan fingerprint density at radius 2 is 1.05 bits per heavy atom. The number of carbonyl (C=O) groups is 4. The minimum atomic E-state index is -0.842. The van der Waals surface area contributed by atoms with E-state index in [1.807, 2.05) is 34.6 Å². The molecule has 39 heavy (non-hydrogen) atoms. The molecule has 13 heteroatoms. The van der Waals surface area contributed by atoms with Gasteiger partial charge in [0.2, 0.25) is 0 Å². The van der Waals surface area contributed by atoms with E-state index in [2.05, 4.69) is 0 Å². The number of aliphatic hydroxyl groups excluding tert-OH is 1. The summed E-state index contributed by atoms with van der Waals surface area (Å²) in [6.45, 7) is 15.4. The number of esters is 1. The summed E-state index contributed by atoms with van der Waals surface area (Å²) in [5, 5.41) is 16.0. The van der Waals surface area contributed by atoms with Crippen LogP contribution >= 0.6 is 0 Å². The van der Waals surface area contributed by atoms with Crippen LogP contribution in [0.1, 0.15) is 81.1 Å². The molecule has 0 aromatic carbocycles. The monoisotopic (exact) mass is 572 g/mol. The third-order valence-electron chi connectivity index (χ3n) is 5.90. The molecule has 0 aromatic heterocycles. The second-order valence-corrected chi connectivity index (χ2v) is 11.4. The van der Waals surface area contributed by atoms with Gasteiger partial charge >= 0.3 is 53.7 Å². The van der Waals surface area contributed by atoms with Crippen molar-refractivity contribution in [3.63, 3.8) is 0 Å². The number of aliphatic hydroxyl groups is 1. The number of likely N-dealkylation sites (tertiary alicyclic amines) is 2. The SMILES string of the molecule is CO.COC(=O)[C@@H]1CC[C@@H](C)N(C(=O)OC(C)(C)C)C1.C[C@@H]1CC[C@@H](C(=O)O)CN1C(=O)OC(C)(C)C.[Na+].[OH-]. The maximum atomic E-state index is 12.0. The van der Waals surface area contributed by atoms with Gasteiger partial charge in [-0.3, -0.25) is 9.59 Å². The number of amides is 2. The van der Waals surface area contributed by atoms with Crippen molar-refractivity contribution in [1.82, 2.24) is 9.80 Å². The van der Waals surface area contributed by atoms with Crippen LogP contribution in [0.3, 0.4) is 0 Å². The van der Waals surface area contributed by atoms with Gasteiger partial charge in [0, 0.05) is 32.3 Å². The van der Waals surface area contributed by atoms with E-state index in [9.17, 15) is 19.2 Å². The van der Waals surface area contributed by atoms with Crippen molar-refractivity contribution in [3.8, 4) is 0 Å². The molecule has 12 nitrogen and oxygen atoms in total. The van der Waals surface area contributed by atoms with Crippen LogP contribution < -0.4 is 29.6 Å². The second kappa shape index (κ2) is 18.7. The zero-order valence-corrected chi connectivity index (χ0v) is 27.6. The number of rotatable bonds is 2. The number of piperidine rings is 2. The molecule has 2 aliphatic heterocycles. The first-order valence-corrected chi connectivity index (χ1v) is 12.7. The molecule has 0 aliphatic carbocycles. The Morgan fingerprint density at radius 1 is 0.718 bits per heavy atom. The largest absolute Gasteiger partial charge is 1.00 e. The quantitative estimate of drug-likeness (QED) is 0.273. The third kappa shape index (κ3) is 15.7. The maximum absolute atomic E-state index is 12.0. The summed E-state index contributed by atoms with van der Waals surface area (Å²) in [7, 11) is 2.37. The average Bonchev–Trinajstić information content (AvgIpc) is 2.78. The van der Waals surface area contributed by atoms with Gasteiger partial charge in [-0.2, -0.15) is 0 Å². The molecule has 2 saturated heterocycles. The first-order valence-electron chi connectivity index (χ1n) is 12.7. The van der Waals surface area contributed by atoms with Crippen molar-refractivity contribution in [3.05, 3.63) is 0 Å². The van der Waals surface area contributed by atoms with Gasteiger partial charge in [0.15, 0.2) is 0 Å². The smallest absolute Gasteiger partial charge is 0.870 e. The molecule has 0 unspecified atom stereocenters. The van der Waals surface area contributed by atoms with Gasteiger partial charge < -0.3 is 39.7 Å². The summed E-state index contributed by atoms with van der Waals surface area (Å²) in [6.07, 6.45) is 2.09. The molecule has 0 spiro atoms. The van der Waals surface area contributed by atoms with Crippen molar-refractivity contribution in [1.29, 1.82) is 0 Å². The van der Waals surface area contributed by atoms with E-state index in [1.165, 1.54) is 12.0 Å². The summed E-state index contributed by atoms with van der Waals surface area (Å²) in [5.41, 5.74) is -1.07. The van der Waals surface area contributed by atoms with Crippen molar-refractivity contribution < 1.29 is 78.6 Å². The van der Waals surface area contributed by atoms with Crippen LogP contribution in [0.25, 0.3) is 0 Å². The average molecular weight is 573 g/mol. The molecular weight excluding hydrogens is 523 g/mol. The van der Waals surface area contributed by atoms with E-state index >= 15 is 0 Å². The molecule has 0 bridgehead atoms. The maximum Gasteiger partial charge on any atom is 1.00 e. The molecule has 2 rings (SSSR count). The number of aliphatic carboxylic acids is 1. The fourth-order valence-electron chi connectivity index (χ4n) is 3.92. The van der Waals surface area contributed by atoms with Crippen molar-refractivity contribution in [2.24, 2.45) is 11.8 Å². The van der Waals surface area contributed by atoms with E-state index in [1.54, 1.807) is 25.7 Å². The van der Waals surface area contributed by atoms with Crippen LogP contribution in [0.2, 0.25) is 0 Å². The molecule has 2 amide bonds. The number of nitrogens with zero attached hydrogens (tertiary/aromatic N) is 2. The number of ether oxygens (including phenoxy) is 3. The zero-order chi connectivity index (χ0) is 29.1. The minimum absolute atomic E-state index is 0. The predicted molar refractivity (Wildman–Crippen MR) is 140 cm³/mol. The standard InChI is InChI=1S/C13H23NO4.C12H21NO4.CH4O.Na.H2O/c1-9-6-7-10(11(15)17-5)8-14(9)12(16)18-13(2,3)4;1-8-5-6-9(10(14)15)7-13(8)11(16)17-12(2,3)4;1-2;;/h9-10H,6-8H2,1-5H3;8-9H,5-7H2,1-4H3,(H,14,15);2H,1H3;;1H2/q;;;+1;/p-1/t9-,10-;8-,9-;;;/m11.../s1. The second-order valence-electron chi connectivity index (χ2n) is 11.4. The van der Waals surface area contributed by atoms with Gasteiger partial charge in [-0.05, 0) is 81.1 Å². The van der Waals surface area contributed by atoms with Crippen molar-refractivity contribution in [2.45, 2.75) is 104 Å². The number of hydrogen-bond acceptors (Lipinski definition) is 9. The molecule has 0 saturated carbocycles.